The third-order valence-electron chi connectivity index (χ3n) is 2.71. The van der Waals surface area contributed by atoms with Crippen molar-refractivity contribution in [2.45, 2.75) is 24.7 Å². The van der Waals surface area contributed by atoms with E-state index in [0.29, 0.717) is 6.54 Å². The summed E-state index contributed by atoms with van der Waals surface area (Å²) < 4.78 is 36.2. The van der Waals surface area contributed by atoms with Crippen LogP contribution < -0.4 is 9.46 Å². The normalized spacial score (nSPS) is 11.2. The summed E-state index contributed by atoms with van der Waals surface area (Å²) in [4.78, 5) is 11.6. The maximum Gasteiger partial charge on any atom is 0.341 e. The summed E-state index contributed by atoms with van der Waals surface area (Å²) in [6, 6.07) is 4.03. The van der Waals surface area contributed by atoms with Gasteiger partial charge in [0.1, 0.15) is 11.3 Å². The lowest BCUT2D eigenvalue weighted by Crippen LogP contribution is -2.24. The average Bonchev–Trinajstić information content (AvgIpc) is 2.45. The first-order valence-electron chi connectivity index (χ1n) is 6.22. The van der Waals surface area contributed by atoms with Gasteiger partial charge in [-0.2, -0.15) is 0 Å². The van der Waals surface area contributed by atoms with Gasteiger partial charge in [-0.15, -0.1) is 0 Å². The minimum Gasteiger partial charge on any atom is -0.496 e. The number of rotatable bonds is 7. The van der Waals surface area contributed by atoms with Crippen LogP contribution in [0.5, 0.6) is 5.75 Å². The van der Waals surface area contributed by atoms with E-state index >= 15 is 0 Å². The molecule has 0 unspecified atom stereocenters. The van der Waals surface area contributed by atoms with Gasteiger partial charge in [0.25, 0.3) is 0 Å². The van der Waals surface area contributed by atoms with Crippen molar-refractivity contribution in [3.8, 4) is 5.75 Å². The maximum absolute atomic E-state index is 12.0. The molecular formula is C13H19NO5S. The van der Waals surface area contributed by atoms with Crippen molar-refractivity contribution in [2.24, 2.45) is 0 Å². The number of sulfonamides is 1. The molecule has 0 atom stereocenters. The summed E-state index contributed by atoms with van der Waals surface area (Å²) in [7, 11) is -0.984. The lowest BCUT2D eigenvalue weighted by molar-refractivity contribution is 0.0597. The zero-order chi connectivity index (χ0) is 15.2. The molecule has 0 aliphatic carbocycles. The van der Waals surface area contributed by atoms with Gasteiger partial charge in [-0.1, -0.05) is 13.3 Å². The van der Waals surface area contributed by atoms with Gasteiger partial charge in [-0.25, -0.2) is 17.9 Å². The number of unbranched alkanes of at least 4 members (excludes halogenated alkanes) is 1. The highest BCUT2D eigenvalue weighted by atomic mass is 32.2. The van der Waals surface area contributed by atoms with Gasteiger partial charge in [-0.05, 0) is 18.6 Å². The Morgan fingerprint density at radius 3 is 2.55 bits per heavy atom. The van der Waals surface area contributed by atoms with Crippen LogP contribution in [0, 0.1) is 0 Å². The van der Waals surface area contributed by atoms with Crippen LogP contribution in [0.1, 0.15) is 30.1 Å². The lowest BCUT2D eigenvalue weighted by atomic mass is 10.2. The molecule has 0 fully saturated rings. The maximum atomic E-state index is 12.0. The first-order valence-corrected chi connectivity index (χ1v) is 7.70. The van der Waals surface area contributed by atoms with E-state index in [9.17, 15) is 13.2 Å². The summed E-state index contributed by atoms with van der Waals surface area (Å²) in [6.45, 7) is 2.35. The predicted octanol–water partition coefficient (Wildman–Crippen LogP) is 1.56. The van der Waals surface area contributed by atoms with Crippen molar-refractivity contribution in [1.29, 1.82) is 0 Å². The molecule has 0 spiro atoms. The molecule has 1 aromatic carbocycles. The number of hydrogen-bond donors (Lipinski definition) is 1. The summed E-state index contributed by atoms with van der Waals surface area (Å²) in [5, 5.41) is 0. The van der Waals surface area contributed by atoms with E-state index in [-0.39, 0.29) is 16.2 Å². The Hall–Kier alpha value is -1.60. The molecule has 1 aromatic rings. The Morgan fingerprint density at radius 1 is 1.30 bits per heavy atom. The number of ether oxygens (including phenoxy) is 2. The zero-order valence-corrected chi connectivity index (χ0v) is 12.6. The number of methoxy groups -OCH3 is 2. The molecule has 6 nitrogen and oxygen atoms in total. The standard InChI is InChI=1S/C13H19NO5S/c1-4-5-8-14-20(16,17)10-6-7-11(13(15)19-3)12(9-10)18-2/h6-7,9,14H,4-5,8H2,1-3H3. The first-order chi connectivity index (χ1) is 9.46. The van der Waals surface area contributed by atoms with Crippen LogP contribution in [0.4, 0.5) is 0 Å². The topological polar surface area (TPSA) is 81.7 Å². The molecule has 0 aliphatic rings. The van der Waals surface area contributed by atoms with Gasteiger partial charge in [0.15, 0.2) is 0 Å². The molecule has 1 N–H and O–H groups in total. The molecule has 0 heterocycles. The summed E-state index contributed by atoms with van der Waals surface area (Å²) >= 11 is 0. The van der Waals surface area contributed by atoms with Gasteiger partial charge in [-0.3, -0.25) is 0 Å². The van der Waals surface area contributed by atoms with Crippen molar-refractivity contribution < 1.29 is 22.7 Å². The Kier molecular flexibility index (Phi) is 5.97. The summed E-state index contributed by atoms with van der Waals surface area (Å²) in [5.41, 5.74) is 0.183. The molecule has 0 aliphatic heterocycles. The van der Waals surface area contributed by atoms with E-state index in [1.807, 2.05) is 6.92 Å². The van der Waals surface area contributed by atoms with Crippen LogP contribution >= 0.6 is 0 Å². The quantitative estimate of drug-likeness (QED) is 0.610. The third-order valence-corrected chi connectivity index (χ3v) is 4.17. The Labute approximate surface area is 119 Å². The van der Waals surface area contributed by atoms with Crippen molar-refractivity contribution >= 4 is 16.0 Å². The van der Waals surface area contributed by atoms with Gasteiger partial charge >= 0.3 is 5.97 Å². The number of esters is 1. The van der Waals surface area contributed by atoms with E-state index in [4.69, 9.17) is 4.74 Å². The second-order valence-corrected chi connectivity index (χ2v) is 5.87. The highest BCUT2D eigenvalue weighted by Crippen LogP contribution is 2.23. The molecule has 20 heavy (non-hydrogen) atoms. The molecule has 0 radical (unpaired) electrons. The second kappa shape index (κ2) is 7.25. The Morgan fingerprint density at radius 2 is 2.00 bits per heavy atom. The van der Waals surface area contributed by atoms with Crippen LogP contribution in [-0.4, -0.2) is 35.2 Å². The van der Waals surface area contributed by atoms with Crippen molar-refractivity contribution in [1.82, 2.24) is 4.72 Å². The highest BCUT2D eigenvalue weighted by Gasteiger charge is 2.19. The molecule has 0 saturated heterocycles. The number of benzene rings is 1. The molecule has 7 heteroatoms. The minimum atomic E-state index is -3.60. The van der Waals surface area contributed by atoms with Crippen LogP contribution in [0.2, 0.25) is 0 Å². The monoisotopic (exact) mass is 301 g/mol. The fourth-order valence-corrected chi connectivity index (χ4v) is 2.67. The van der Waals surface area contributed by atoms with Gasteiger partial charge in [0.2, 0.25) is 10.0 Å². The molecule has 112 valence electrons. The lowest BCUT2D eigenvalue weighted by Gasteiger charge is -2.10. The molecule has 0 bridgehead atoms. The van der Waals surface area contributed by atoms with E-state index in [0.717, 1.165) is 12.8 Å². The minimum absolute atomic E-state index is 0.0538. The van der Waals surface area contributed by atoms with Gasteiger partial charge in [0.05, 0.1) is 19.1 Å². The Bertz CT molecular complexity index is 568. The van der Waals surface area contributed by atoms with E-state index < -0.39 is 16.0 Å². The third kappa shape index (κ3) is 3.94. The van der Waals surface area contributed by atoms with E-state index in [2.05, 4.69) is 9.46 Å². The van der Waals surface area contributed by atoms with Crippen molar-refractivity contribution in [3.05, 3.63) is 23.8 Å². The van der Waals surface area contributed by atoms with Crippen LogP contribution in [0.25, 0.3) is 0 Å². The highest BCUT2D eigenvalue weighted by molar-refractivity contribution is 7.89. The predicted molar refractivity (Wildman–Crippen MR) is 74.4 cm³/mol. The fraction of sp³-hybridized carbons (Fsp3) is 0.462. The number of carbonyl (C=O) groups excluding carboxylic acids is 1. The van der Waals surface area contributed by atoms with Crippen LogP contribution in [0.15, 0.2) is 23.1 Å². The molecule has 0 aromatic heterocycles. The number of carbonyl (C=O) groups is 1. The first kappa shape index (κ1) is 16.5. The summed E-state index contributed by atoms with van der Waals surface area (Å²) in [6.07, 6.45) is 1.66. The van der Waals surface area contributed by atoms with Gasteiger partial charge < -0.3 is 9.47 Å². The summed E-state index contributed by atoms with van der Waals surface area (Å²) in [5.74, 6) is -0.417. The molecule has 0 amide bonds. The number of nitrogens with one attached hydrogen (secondary N) is 1. The second-order valence-electron chi connectivity index (χ2n) is 4.10. The molecular weight excluding hydrogens is 282 g/mol. The smallest absolute Gasteiger partial charge is 0.341 e. The molecule has 0 saturated carbocycles. The fourth-order valence-electron chi connectivity index (χ4n) is 1.58. The SMILES string of the molecule is CCCCNS(=O)(=O)c1ccc(C(=O)OC)c(OC)c1. The van der Waals surface area contributed by atoms with Crippen LogP contribution in [-0.2, 0) is 14.8 Å². The van der Waals surface area contributed by atoms with E-state index in [1.54, 1.807) is 0 Å². The zero-order valence-electron chi connectivity index (χ0n) is 11.8. The molecule has 1 rings (SSSR count). The van der Waals surface area contributed by atoms with E-state index in [1.165, 1.54) is 32.4 Å². The number of hydrogen-bond acceptors (Lipinski definition) is 5. The largest absolute Gasteiger partial charge is 0.496 e. The van der Waals surface area contributed by atoms with Crippen LogP contribution in [0.3, 0.4) is 0 Å². The van der Waals surface area contributed by atoms with Gasteiger partial charge in [0, 0.05) is 12.6 Å². The van der Waals surface area contributed by atoms with Crippen molar-refractivity contribution in [3.63, 3.8) is 0 Å². The Balaban J connectivity index is 3.06. The van der Waals surface area contributed by atoms with Crippen molar-refractivity contribution in [2.75, 3.05) is 20.8 Å². The average molecular weight is 301 g/mol.